The summed E-state index contributed by atoms with van der Waals surface area (Å²) >= 11 is 5.79. The summed E-state index contributed by atoms with van der Waals surface area (Å²) in [5.41, 5.74) is 2.71. The van der Waals surface area contributed by atoms with Gasteiger partial charge in [-0.3, -0.25) is 4.79 Å². The van der Waals surface area contributed by atoms with Gasteiger partial charge in [0.2, 0.25) is 0 Å². The molecule has 1 aliphatic carbocycles. The Hall–Kier alpha value is -2.37. The number of hydrogen-bond donors (Lipinski definition) is 1. The van der Waals surface area contributed by atoms with Crippen molar-refractivity contribution in [1.29, 1.82) is 0 Å². The molecule has 0 aromatic heterocycles. The number of ether oxygens (including phenoxy) is 2. The lowest BCUT2D eigenvalue weighted by Crippen LogP contribution is -2.29. The summed E-state index contributed by atoms with van der Waals surface area (Å²) in [6.45, 7) is 3.72. The normalized spacial score (nSPS) is 27.7. The molecule has 6 heteroatoms. The largest absolute Gasteiger partial charge is 0.511 e. The van der Waals surface area contributed by atoms with E-state index in [2.05, 4.69) is 0 Å². The van der Waals surface area contributed by atoms with Gasteiger partial charge >= 0.3 is 0 Å². The van der Waals surface area contributed by atoms with Crippen LogP contribution >= 0.6 is 11.6 Å². The van der Waals surface area contributed by atoms with E-state index in [4.69, 9.17) is 21.1 Å². The standard InChI is InChI=1S/C23H20ClFO4/c1-10-7-13(28-15-4-3-12(24)9-14(15)25)8-11(2)18(10)21-22(26)19-16-5-6-17(29-16)20(19)23(21)27/h3-4,7-9,16-17,19-20,26H,5-6H2,1-2H3/t16-,17+,19-,20+/m1/s1. The topological polar surface area (TPSA) is 55.8 Å². The van der Waals surface area contributed by atoms with Crippen molar-refractivity contribution in [2.24, 2.45) is 11.8 Å². The van der Waals surface area contributed by atoms with Gasteiger partial charge in [-0.1, -0.05) is 11.6 Å². The first kappa shape index (κ1) is 18.6. The molecule has 2 saturated heterocycles. The van der Waals surface area contributed by atoms with E-state index < -0.39 is 5.82 Å². The third-order valence-corrected chi connectivity index (χ3v) is 6.51. The third-order valence-electron chi connectivity index (χ3n) is 6.27. The van der Waals surface area contributed by atoms with E-state index >= 15 is 0 Å². The van der Waals surface area contributed by atoms with Crippen molar-refractivity contribution in [2.45, 2.75) is 38.9 Å². The molecule has 2 aromatic carbocycles. The molecule has 0 saturated carbocycles. The van der Waals surface area contributed by atoms with E-state index in [1.54, 1.807) is 18.2 Å². The van der Waals surface area contributed by atoms with Crippen LogP contribution in [0, 0.1) is 31.5 Å². The first-order chi connectivity index (χ1) is 13.8. The van der Waals surface area contributed by atoms with E-state index in [1.807, 2.05) is 13.8 Å². The molecular formula is C23H20ClFO4. The lowest BCUT2D eigenvalue weighted by molar-refractivity contribution is -0.118. The first-order valence-corrected chi connectivity index (χ1v) is 10.1. The van der Waals surface area contributed by atoms with Crippen molar-refractivity contribution >= 4 is 23.0 Å². The zero-order chi connectivity index (χ0) is 20.4. The van der Waals surface area contributed by atoms with Gasteiger partial charge in [0, 0.05) is 5.02 Å². The lowest BCUT2D eigenvalue weighted by Gasteiger charge is -2.19. The number of aliphatic hydroxyl groups is 1. The smallest absolute Gasteiger partial charge is 0.173 e. The number of carbonyl (C=O) groups excluding carboxylic acids is 1. The molecule has 2 fully saturated rings. The number of hydrogen-bond acceptors (Lipinski definition) is 4. The van der Waals surface area contributed by atoms with E-state index in [1.165, 1.54) is 12.1 Å². The number of ketones is 1. The number of rotatable bonds is 3. The van der Waals surface area contributed by atoms with Crippen molar-refractivity contribution in [3.63, 3.8) is 0 Å². The molecule has 5 rings (SSSR count). The number of aliphatic hydroxyl groups excluding tert-OH is 1. The van der Waals surface area contributed by atoms with Gasteiger partial charge in [-0.15, -0.1) is 0 Å². The molecule has 0 amide bonds. The minimum atomic E-state index is -0.550. The highest BCUT2D eigenvalue weighted by molar-refractivity contribution is 6.30. The number of Topliss-reactive ketones (excluding diaryl/α,β-unsaturated/α-hetero) is 1. The SMILES string of the molecule is Cc1cc(Oc2ccc(Cl)cc2F)cc(C)c1C1=C(O)[C@H]2[C@@H](C1=O)[C@@H]1CC[C@H]2O1. The van der Waals surface area contributed by atoms with Crippen molar-refractivity contribution in [3.05, 3.63) is 63.6 Å². The number of carbonyl (C=O) groups is 1. The summed E-state index contributed by atoms with van der Waals surface area (Å²) in [6.07, 6.45) is 1.60. The van der Waals surface area contributed by atoms with Gasteiger partial charge in [0.15, 0.2) is 17.3 Å². The summed E-state index contributed by atoms with van der Waals surface area (Å²) in [6, 6.07) is 7.73. The molecule has 2 aliphatic heterocycles. The molecule has 2 heterocycles. The maximum atomic E-state index is 14.1. The predicted octanol–water partition coefficient (Wildman–Crippen LogP) is 5.53. The van der Waals surface area contributed by atoms with Gasteiger partial charge in [0.1, 0.15) is 11.5 Å². The van der Waals surface area contributed by atoms with Gasteiger partial charge in [-0.2, -0.15) is 0 Å². The van der Waals surface area contributed by atoms with Crippen LogP contribution in [0.3, 0.4) is 0 Å². The predicted molar refractivity (Wildman–Crippen MR) is 107 cm³/mol. The number of halogens is 2. The minimum absolute atomic E-state index is 0.0386. The fraction of sp³-hybridized carbons (Fsp3) is 0.348. The van der Waals surface area contributed by atoms with Crippen molar-refractivity contribution < 1.29 is 23.8 Å². The van der Waals surface area contributed by atoms with E-state index in [0.717, 1.165) is 29.5 Å². The van der Waals surface area contributed by atoms with Crippen LogP contribution in [0.4, 0.5) is 4.39 Å². The van der Waals surface area contributed by atoms with Crippen LogP contribution in [-0.4, -0.2) is 23.1 Å². The lowest BCUT2D eigenvalue weighted by atomic mass is 9.80. The number of aryl methyl sites for hydroxylation is 2. The van der Waals surface area contributed by atoms with Crippen LogP contribution in [0.15, 0.2) is 36.1 Å². The van der Waals surface area contributed by atoms with Crippen molar-refractivity contribution in [1.82, 2.24) is 0 Å². The second-order valence-electron chi connectivity index (χ2n) is 8.08. The van der Waals surface area contributed by atoms with Crippen LogP contribution < -0.4 is 4.74 Å². The van der Waals surface area contributed by atoms with Gasteiger partial charge in [0.25, 0.3) is 0 Å². The Kier molecular flexibility index (Phi) is 4.23. The quantitative estimate of drug-likeness (QED) is 0.717. The highest BCUT2D eigenvalue weighted by Gasteiger charge is 2.59. The molecule has 0 radical (unpaired) electrons. The van der Waals surface area contributed by atoms with Gasteiger partial charge in [-0.25, -0.2) is 4.39 Å². The maximum Gasteiger partial charge on any atom is 0.173 e. The molecule has 4 nitrogen and oxygen atoms in total. The molecule has 0 unspecified atom stereocenters. The molecule has 0 spiro atoms. The summed E-state index contributed by atoms with van der Waals surface area (Å²) in [4.78, 5) is 13.2. The van der Waals surface area contributed by atoms with Crippen LogP contribution in [-0.2, 0) is 9.53 Å². The summed E-state index contributed by atoms with van der Waals surface area (Å²) < 4.78 is 25.6. The molecule has 3 aliphatic rings. The Labute approximate surface area is 172 Å². The second-order valence-corrected chi connectivity index (χ2v) is 8.51. The average Bonchev–Trinajstić information content (AvgIpc) is 3.33. The van der Waals surface area contributed by atoms with E-state index in [9.17, 15) is 14.3 Å². The van der Waals surface area contributed by atoms with Gasteiger partial charge < -0.3 is 14.6 Å². The molecule has 150 valence electrons. The van der Waals surface area contributed by atoms with Gasteiger partial charge in [0.05, 0.1) is 29.6 Å². The molecule has 4 atom stereocenters. The summed E-state index contributed by atoms with van der Waals surface area (Å²) in [5.74, 6) is -0.413. The fourth-order valence-corrected chi connectivity index (χ4v) is 5.29. The van der Waals surface area contributed by atoms with Crippen LogP contribution in [0.1, 0.15) is 29.5 Å². The summed E-state index contributed by atoms with van der Waals surface area (Å²) in [7, 11) is 0. The van der Waals surface area contributed by atoms with Crippen LogP contribution in [0.5, 0.6) is 11.5 Å². The fourth-order valence-electron chi connectivity index (χ4n) is 5.13. The molecule has 2 bridgehead atoms. The Morgan fingerprint density at radius 3 is 2.38 bits per heavy atom. The minimum Gasteiger partial charge on any atom is -0.511 e. The molecule has 29 heavy (non-hydrogen) atoms. The van der Waals surface area contributed by atoms with Crippen molar-refractivity contribution in [2.75, 3.05) is 0 Å². The number of allylic oxidation sites excluding steroid dienone is 1. The van der Waals surface area contributed by atoms with Gasteiger partial charge in [-0.05, 0) is 73.7 Å². The monoisotopic (exact) mass is 414 g/mol. The van der Waals surface area contributed by atoms with Crippen LogP contribution in [0.25, 0.3) is 5.57 Å². The second kappa shape index (κ2) is 6.57. The zero-order valence-electron chi connectivity index (χ0n) is 16.0. The first-order valence-electron chi connectivity index (χ1n) is 9.72. The molecule has 1 N–H and O–H groups in total. The summed E-state index contributed by atoms with van der Waals surface area (Å²) in [5, 5.41) is 11.2. The van der Waals surface area contributed by atoms with Crippen molar-refractivity contribution in [3.8, 4) is 11.5 Å². The van der Waals surface area contributed by atoms with Crippen LogP contribution in [0.2, 0.25) is 5.02 Å². The molecular weight excluding hydrogens is 395 g/mol. The molecule has 2 aromatic rings. The Morgan fingerprint density at radius 2 is 1.76 bits per heavy atom. The zero-order valence-corrected chi connectivity index (χ0v) is 16.8. The average molecular weight is 415 g/mol. The van der Waals surface area contributed by atoms with E-state index in [0.29, 0.717) is 16.3 Å². The number of fused-ring (bicyclic) bond motifs is 5. The highest BCUT2D eigenvalue weighted by Crippen LogP contribution is 2.54. The van der Waals surface area contributed by atoms with E-state index in [-0.39, 0.29) is 41.3 Å². The Morgan fingerprint density at radius 1 is 1.10 bits per heavy atom. The highest BCUT2D eigenvalue weighted by atomic mass is 35.5. The third kappa shape index (κ3) is 2.79. The Balaban J connectivity index is 1.51. The maximum absolute atomic E-state index is 14.1. The Bertz CT molecular complexity index is 1050. The number of benzene rings is 2.